The van der Waals surface area contributed by atoms with Gasteiger partial charge in [-0.25, -0.2) is 0 Å². The predicted molar refractivity (Wildman–Crippen MR) is 85.0 cm³/mol. The maximum atomic E-state index is 12.3. The Morgan fingerprint density at radius 2 is 1.90 bits per heavy atom. The molecule has 3 N–H and O–H groups in total. The fourth-order valence-corrected chi connectivity index (χ4v) is 1.70. The number of nitrogens with two attached hydrogens (primary N) is 1. The molecule has 116 valence electrons. The van der Waals surface area contributed by atoms with Crippen LogP contribution in [0.25, 0.3) is 0 Å². The molecule has 0 aliphatic heterocycles. The molecule has 1 aromatic rings. The van der Waals surface area contributed by atoms with Crippen LogP contribution in [0.4, 0.5) is 11.4 Å². The molecule has 21 heavy (non-hydrogen) atoms. The van der Waals surface area contributed by atoms with Crippen molar-refractivity contribution >= 4 is 23.2 Å². The standard InChI is InChI=1S/C15H24N4O2/c1-10-6-7-12(16)8-13(10)17-15(21)11(2)19(5)9-14(20)18(3)4/h6-8,11H,9,16H2,1-5H3,(H,17,21). The van der Waals surface area contributed by atoms with Crippen molar-refractivity contribution in [3.05, 3.63) is 23.8 Å². The Bertz CT molecular complexity index is 528. The summed E-state index contributed by atoms with van der Waals surface area (Å²) in [5.74, 6) is -0.213. The number of nitrogen functional groups attached to an aromatic ring is 1. The number of carbonyl (C=O) groups excluding carboxylic acids is 2. The van der Waals surface area contributed by atoms with Crippen LogP contribution in [-0.4, -0.2) is 55.3 Å². The molecule has 2 amide bonds. The summed E-state index contributed by atoms with van der Waals surface area (Å²) in [5, 5.41) is 2.85. The minimum atomic E-state index is -0.422. The lowest BCUT2D eigenvalue weighted by Gasteiger charge is -2.25. The highest BCUT2D eigenvalue weighted by atomic mass is 16.2. The molecule has 6 nitrogen and oxygen atoms in total. The highest BCUT2D eigenvalue weighted by Gasteiger charge is 2.21. The smallest absolute Gasteiger partial charge is 0.241 e. The van der Waals surface area contributed by atoms with Gasteiger partial charge in [0.2, 0.25) is 11.8 Å². The summed E-state index contributed by atoms with van der Waals surface area (Å²) in [5.41, 5.74) is 7.96. The van der Waals surface area contributed by atoms with Crippen LogP contribution in [0.3, 0.4) is 0 Å². The number of hydrogen-bond donors (Lipinski definition) is 2. The molecular weight excluding hydrogens is 268 g/mol. The van der Waals surface area contributed by atoms with Crippen LogP contribution in [0.1, 0.15) is 12.5 Å². The van der Waals surface area contributed by atoms with E-state index in [4.69, 9.17) is 5.73 Å². The number of nitrogens with one attached hydrogen (secondary N) is 1. The second-order valence-corrected chi connectivity index (χ2v) is 5.44. The fourth-order valence-electron chi connectivity index (χ4n) is 1.70. The normalized spacial score (nSPS) is 12.1. The average molecular weight is 292 g/mol. The van der Waals surface area contributed by atoms with Crippen LogP contribution in [0.5, 0.6) is 0 Å². The summed E-state index contributed by atoms with van der Waals surface area (Å²) in [6.45, 7) is 3.86. The van der Waals surface area contributed by atoms with E-state index in [0.717, 1.165) is 5.56 Å². The van der Waals surface area contributed by atoms with Gasteiger partial charge < -0.3 is 16.0 Å². The van der Waals surface area contributed by atoms with Crippen LogP contribution >= 0.6 is 0 Å². The van der Waals surface area contributed by atoms with E-state index in [1.54, 1.807) is 45.1 Å². The molecule has 0 aliphatic rings. The lowest BCUT2D eigenvalue weighted by Crippen LogP contribution is -2.44. The van der Waals surface area contributed by atoms with Gasteiger partial charge in [0, 0.05) is 25.5 Å². The molecule has 1 rings (SSSR count). The summed E-state index contributed by atoms with van der Waals surface area (Å²) in [6, 6.07) is 4.95. The van der Waals surface area contributed by atoms with Gasteiger partial charge in [0.15, 0.2) is 0 Å². The largest absolute Gasteiger partial charge is 0.399 e. The number of hydrogen-bond acceptors (Lipinski definition) is 4. The van der Waals surface area contributed by atoms with Crippen molar-refractivity contribution in [2.75, 3.05) is 38.7 Å². The third-order valence-corrected chi connectivity index (χ3v) is 3.44. The van der Waals surface area contributed by atoms with Crippen molar-refractivity contribution in [2.45, 2.75) is 19.9 Å². The van der Waals surface area contributed by atoms with Gasteiger partial charge in [-0.15, -0.1) is 0 Å². The monoisotopic (exact) mass is 292 g/mol. The Morgan fingerprint density at radius 3 is 2.48 bits per heavy atom. The SMILES string of the molecule is Cc1ccc(N)cc1NC(=O)C(C)N(C)CC(=O)N(C)C. The number of anilines is 2. The molecule has 1 aromatic carbocycles. The highest BCUT2D eigenvalue weighted by molar-refractivity contribution is 5.96. The molecule has 0 aliphatic carbocycles. The zero-order valence-electron chi connectivity index (χ0n) is 13.3. The van der Waals surface area contributed by atoms with Gasteiger partial charge in [0.1, 0.15) is 0 Å². The van der Waals surface area contributed by atoms with Gasteiger partial charge in [0.25, 0.3) is 0 Å². The summed E-state index contributed by atoms with van der Waals surface area (Å²) in [7, 11) is 5.13. The Balaban J connectivity index is 2.70. The number of rotatable bonds is 5. The average Bonchev–Trinajstić information content (AvgIpc) is 2.41. The van der Waals surface area contributed by atoms with Crippen molar-refractivity contribution in [1.29, 1.82) is 0 Å². The topological polar surface area (TPSA) is 78.7 Å². The van der Waals surface area contributed by atoms with Crippen molar-refractivity contribution in [3.63, 3.8) is 0 Å². The molecule has 0 fully saturated rings. The Morgan fingerprint density at radius 1 is 1.29 bits per heavy atom. The van der Waals surface area contributed by atoms with E-state index in [0.29, 0.717) is 11.4 Å². The molecule has 1 unspecified atom stereocenters. The van der Waals surface area contributed by atoms with Crippen molar-refractivity contribution in [2.24, 2.45) is 0 Å². The van der Waals surface area contributed by atoms with E-state index in [9.17, 15) is 9.59 Å². The summed E-state index contributed by atoms with van der Waals surface area (Å²) >= 11 is 0. The Labute approximate surface area is 125 Å². The molecule has 0 spiro atoms. The number of benzene rings is 1. The zero-order chi connectivity index (χ0) is 16.2. The summed E-state index contributed by atoms with van der Waals surface area (Å²) in [6.07, 6.45) is 0. The number of likely N-dealkylation sites (N-methyl/N-ethyl adjacent to an activating group) is 2. The van der Waals surface area contributed by atoms with Crippen LogP contribution in [0.2, 0.25) is 0 Å². The van der Waals surface area contributed by atoms with E-state index in [2.05, 4.69) is 5.32 Å². The van der Waals surface area contributed by atoms with Gasteiger partial charge in [-0.1, -0.05) is 6.07 Å². The first-order valence-corrected chi connectivity index (χ1v) is 6.79. The molecule has 0 bridgehead atoms. The molecule has 0 heterocycles. The third kappa shape index (κ3) is 4.75. The van der Waals surface area contributed by atoms with Crippen LogP contribution in [0, 0.1) is 6.92 Å². The highest BCUT2D eigenvalue weighted by Crippen LogP contribution is 2.18. The molecule has 1 atom stereocenters. The second-order valence-electron chi connectivity index (χ2n) is 5.44. The summed E-state index contributed by atoms with van der Waals surface area (Å²) < 4.78 is 0. The first-order chi connectivity index (χ1) is 9.72. The number of carbonyl (C=O) groups is 2. The fraction of sp³-hybridized carbons (Fsp3) is 0.467. The van der Waals surface area contributed by atoms with Crippen LogP contribution in [-0.2, 0) is 9.59 Å². The van der Waals surface area contributed by atoms with E-state index < -0.39 is 6.04 Å². The van der Waals surface area contributed by atoms with Crippen molar-refractivity contribution in [1.82, 2.24) is 9.80 Å². The van der Waals surface area contributed by atoms with E-state index in [1.165, 1.54) is 4.90 Å². The van der Waals surface area contributed by atoms with Gasteiger partial charge in [0.05, 0.1) is 12.6 Å². The molecule has 0 saturated carbocycles. The van der Waals surface area contributed by atoms with Gasteiger partial charge in [-0.2, -0.15) is 0 Å². The molecule has 0 radical (unpaired) electrons. The lowest BCUT2D eigenvalue weighted by molar-refractivity contribution is -0.131. The predicted octanol–water partition coefficient (Wildman–Crippen LogP) is 0.924. The number of nitrogens with zero attached hydrogens (tertiary/aromatic N) is 2. The van der Waals surface area contributed by atoms with E-state index in [1.807, 2.05) is 13.0 Å². The molecule has 6 heteroatoms. The van der Waals surface area contributed by atoms with Gasteiger partial charge in [-0.3, -0.25) is 14.5 Å². The number of aryl methyl sites for hydroxylation is 1. The Kier molecular flexibility index (Phi) is 5.72. The van der Waals surface area contributed by atoms with Gasteiger partial charge in [-0.05, 0) is 38.6 Å². The number of amides is 2. The molecule has 0 saturated heterocycles. The van der Waals surface area contributed by atoms with Crippen molar-refractivity contribution in [3.8, 4) is 0 Å². The first kappa shape index (κ1) is 17.0. The summed E-state index contributed by atoms with van der Waals surface area (Å²) in [4.78, 5) is 27.1. The molecule has 0 aromatic heterocycles. The lowest BCUT2D eigenvalue weighted by atomic mass is 10.1. The van der Waals surface area contributed by atoms with Crippen LogP contribution in [0.15, 0.2) is 18.2 Å². The zero-order valence-corrected chi connectivity index (χ0v) is 13.3. The van der Waals surface area contributed by atoms with Crippen LogP contribution < -0.4 is 11.1 Å². The van der Waals surface area contributed by atoms with Gasteiger partial charge >= 0.3 is 0 Å². The minimum absolute atomic E-state index is 0.0442. The first-order valence-electron chi connectivity index (χ1n) is 6.79. The second kappa shape index (κ2) is 7.08. The maximum absolute atomic E-state index is 12.3. The van der Waals surface area contributed by atoms with E-state index >= 15 is 0 Å². The molecular formula is C15H24N4O2. The maximum Gasteiger partial charge on any atom is 0.241 e. The third-order valence-electron chi connectivity index (χ3n) is 3.44. The van der Waals surface area contributed by atoms with E-state index in [-0.39, 0.29) is 18.4 Å². The van der Waals surface area contributed by atoms with Crippen molar-refractivity contribution < 1.29 is 9.59 Å². The Hall–Kier alpha value is -2.08. The quantitative estimate of drug-likeness (QED) is 0.791. The minimum Gasteiger partial charge on any atom is -0.399 e.